The van der Waals surface area contributed by atoms with Crippen LogP contribution in [0.25, 0.3) is 0 Å². The van der Waals surface area contributed by atoms with Crippen molar-refractivity contribution in [2.45, 2.75) is 31.7 Å². The van der Waals surface area contributed by atoms with Crippen molar-refractivity contribution in [3.05, 3.63) is 34.1 Å². The van der Waals surface area contributed by atoms with Gasteiger partial charge in [-0.15, -0.1) is 0 Å². The van der Waals surface area contributed by atoms with Crippen LogP contribution >= 0.6 is 0 Å². The fraction of sp³-hybridized carbons (Fsp3) is 0.462. The molecule has 1 heterocycles. The fourth-order valence-electron chi connectivity index (χ4n) is 2.19. The van der Waals surface area contributed by atoms with Crippen LogP contribution in [0.2, 0.25) is 0 Å². The van der Waals surface area contributed by atoms with Gasteiger partial charge in [0.2, 0.25) is 5.91 Å². The number of nitrogens with zero attached hydrogens (tertiary/aromatic N) is 1. The van der Waals surface area contributed by atoms with Crippen LogP contribution in [0, 0.1) is 15.9 Å². The number of nitro groups is 1. The van der Waals surface area contributed by atoms with E-state index in [1.54, 1.807) is 0 Å². The minimum absolute atomic E-state index is 0.0355. The summed E-state index contributed by atoms with van der Waals surface area (Å²) >= 11 is 0. The average molecular weight is 281 g/mol. The third-order valence-corrected chi connectivity index (χ3v) is 3.30. The van der Waals surface area contributed by atoms with Gasteiger partial charge in [0.05, 0.1) is 22.7 Å². The number of rotatable bonds is 3. The predicted octanol–water partition coefficient (Wildman–Crippen LogP) is 2.20. The standard InChI is InChI=1S/C13H16FN3O3/c14-10-8-9(17(19)20)5-6-11(10)16-13(18)12-4-2-1-3-7-15-12/h5-6,8,12,15H,1-4,7H2,(H,16,18). The number of halogens is 1. The van der Waals surface area contributed by atoms with Crippen molar-refractivity contribution in [2.75, 3.05) is 11.9 Å². The fourth-order valence-corrected chi connectivity index (χ4v) is 2.19. The van der Waals surface area contributed by atoms with Crippen molar-refractivity contribution in [3.63, 3.8) is 0 Å². The van der Waals surface area contributed by atoms with Crippen LogP contribution in [-0.2, 0) is 4.79 Å². The number of non-ortho nitro benzene ring substituents is 1. The molecule has 1 saturated heterocycles. The number of benzene rings is 1. The Bertz CT molecular complexity index is 514. The van der Waals surface area contributed by atoms with Crippen LogP contribution < -0.4 is 10.6 Å². The first-order valence-electron chi connectivity index (χ1n) is 6.56. The highest BCUT2D eigenvalue weighted by Crippen LogP contribution is 2.21. The van der Waals surface area contributed by atoms with Gasteiger partial charge in [0, 0.05) is 6.07 Å². The molecule has 0 bridgehead atoms. The zero-order chi connectivity index (χ0) is 14.5. The lowest BCUT2D eigenvalue weighted by Crippen LogP contribution is -2.40. The minimum Gasteiger partial charge on any atom is -0.322 e. The number of carbonyl (C=O) groups excluding carboxylic acids is 1. The molecular formula is C13H16FN3O3. The summed E-state index contributed by atoms with van der Waals surface area (Å²) < 4.78 is 13.7. The highest BCUT2D eigenvalue weighted by atomic mass is 19.1. The summed E-state index contributed by atoms with van der Waals surface area (Å²) in [4.78, 5) is 21.9. The van der Waals surface area contributed by atoms with Crippen molar-refractivity contribution in [1.82, 2.24) is 5.32 Å². The Labute approximate surface area is 115 Å². The van der Waals surface area contributed by atoms with Crippen LogP contribution in [-0.4, -0.2) is 23.4 Å². The molecule has 1 unspecified atom stereocenters. The van der Waals surface area contributed by atoms with E-state index in [9.17, 15) is 19.3 Å². The van der Waals surface area contributed by atoms with Crippen LogP contribution in [0.1, 0.15) is 25.7 Å². The molecule has 1 amide bonds. The van der Waals surface area contributed by atoms with Gasteiger partial charge in [-0.05, 0) is 25.5 Å². The summed E-state index contributed by atoms with van der Waals surface area (Å²) in [5.74, 6) is -1.11. The van der Waals surface area contributed by atoms with Crippen LogP contribution in [0.15, 0.2) is 18.2 Å². The van der Waals surface area contributed by atoms with Crippen molar-refractivity contribution in [1.29, 1.82) is 0 Å². The lowest BCUT2D eigenvalue weighted by atomic mass is 10.1. The first kappa shape index (κ1) is 14.4. The molecule has 1 aliphatic heterocycles. The minimum atomic E-state index is -0.804. The van der Waals surface area contributed by atoms with E-state index in [1.165, 1.54) is 12.1 Å². The van der Waals surface area contributed by atoms with Crippen molar-refractivity contribution in [3.8, 4) is 0 Å². The molecule has 0 aromatic heterocycles. The first-order chi connectivity index (χ1) is 9.58. The number of hydrogen-bond donors (Lipinski definition) is 2. The van der Waals surface area contributed by atoms with Gasteiger partial charge in [-0.3, -0.25) is 14.9 Å². The van der Waals surface area contributed by atoms with E-state index in [4.69, 9.17) is 0 Å². The van der Waals surface area contributed by atoms with Crippen LogP contribution in [0.4, 0.5) is 15.8 Å². The molecule has 108 valence electrons. The number of hydrogen-bond acceptors (Lipinski definition) is 4. The van der Waals surface area contributed by atoms with E-state index < -0.39 is 10.7 Å². The average Bonchev–Trinajstić information content (AvgIpc) is 2.69. The molecule has 2 N–H and O–H groups in total. The molecule has 1 fully saturated rings. The Hall–Kier alpha value is -2.02. The molecule has 0 aliphatic carbocycles. The van der Waals surface area contributed by atoms with Gasteiger partial charge < -0.3 is 10.6 Å². The number of amides is 1. The molecule has 20 heavy (non-hydrogen) atoms. The molecular weight excluding hydrogens is 265 g/mol. The SMILES string of the molecule is O=C(Nc1ccc([N+](=O)[O-])cc1F)C1CCCCCN1. The lowest BCUT2D eigenvalue weighted by Gasteiger charge is -2.15. The smallest absolute Gasteiger partial charge is 0.272 e. The third-order valence-electron chi connectivity index (χ3n) is 3.30. The van der Waals surface area contributed by atoms with Gasteiger partial charge in [-0.2, -0.15) is 0 Å². The Morgan fingerprint density at radius 2 is 2.20 bits per heavy atom. The maximum atomic E-state index is 13.7. The van der Waals surface area contributed by atoms with Gasteiger partial charge in [-0.1, -0.05) is 12.8 Å². The number of nitro benzene ring substituents is 1. The van der Waals surface area contributed by atoms with Crippen LogP contribution in [0.3, 0.4) is 0 Å². The van der Waals surface area contributed by atoms with E-state index in [2.05, 4.69) is 10.6 Å². The monoisotopic (exact) mass is 281 g/mol. The number of nitrogens with one attached hydrogen (secondary N) is 2. The summed E-state index contributed by atoms with van der Waals surface area (Å²) in [6, 6.07) is 2.84. The molecule has 0 radical (unpaired) electrons. The number of anilines is 1. The normalized spacial score (nSPS) is 19.1. The Kier molecular flexibility index (Phi) is 4.62. The second-order valence-electron chi connectivity index (χ2n) is 4.77. The lowest BCUT2D eigenvalue weighted by molar-refractivity contribution is -0.385. The highest BCUT2D eigenvalue weighted by molar-refractivity contribution is 5.95. The van der Waals surface area contributed by atoms with Crippen molar-refractivity contribution < 1.29 is 14.1 Å². The van der Waals surface area contributed by atoms with Crippen molar-refractivity contribution >= 4 is 17.3 Å². The predicted molar refractivity (Wildman–Crippen MR) is 71.9 cm³/mol. The Morgan fingerprint density at radius 1 is 1.40 bits per heavy atom. The quantitative estimate of drug-likeness (QED) is 0.657. The van der Waals surface area contributed by atoms with Crippen molar-refractivity contribution in [2.24, 2.45) is 0 Å². The largest absolute Gasteiger partial charge is 0.322 e. The highest BCUT2D eigenvalue weighted by Gasteiger charge is 2.21. The van der Waals surface area contributed by atoms with E-state index in [0.29, 0.717) is 6.42 Å². The van der Waals surface area contributed by atoms with Gasteiger partial charge in [0.25, 0.3) is 5.69 Å². The molecule has 0 spiro atoms. The molecule has 1 aromatic carbocycles. The molecule has 1 atom stereocenters. The molecule has 1 aromatic rings. The molecule has 1 aliphatic rings. The zero-order valence-electron chi connectivity index (χ0n) is 10.9. The third kappa shape index (κ3) is 3.51. The summed E-state index contributed by atoms with van der Waals surface area (Å²) in [5, 5.41) is 16.1. The van der Waals surface area contributed by atoms with Gasteiger partial charge in [0.15, 0.2) is 5.82 Å². The zero-order valence-corrected chi connectivity index (χ0v) is 10.9. The molecule has 6 nitrogen and oxygen atoms in total. The van der Waals surface area contributed by atoms with Gasteiger partial charge >= 0.3 is 0 Å². The maximum absolute atomic E-state index is 13.7. The second-order valence-corrected chi connectivity index (χ2v) is 4.77. The summed E-state index contributed by atoms with van der Waals surface area (Å²) in [7, 11) is 0. The van der Waals surface area contributed by atoms with E-state index in [0.717, 1.165) is 31.9 Å². The molecule has 2 rings (SSSR count). The summed E-state index contributed by atoms with van der Waals surface area (Å²) in [6.45, 7) is 0.765. The molecule has 0 saturated carbocycles. The van der Waals surface area contributed by atoms with Gasteiger partial charge in [-0.25, -0.2) is 4.39 Å². The molecule has 7 heteroatoms. The second kappa shape index (κ2) is 6.42. The Morgan fingerprint density at radius 3 is 2.90 bits per heavy atom. The van der Waals surface area contributed by atoms with E-state index in [1.807, 2.05) is 0 Å². The first-order valence-corrected chi connectivity index (χ1v) is 6.56. The summed E-state index contributed by atoms with van der Waals surface area (Å²) in [6.07, 6.45) is 3.76. The summed E-state index contributed by atoms with van der Waals surface area (Å²) in [5.41, 5.74) is -0.375. The van der Waals surface area contributed by atoms with Gasteiger partial charge in [0.1, 0.15) is 0 Å². The maximum Gasteiger partial charge on any atom is 0.272 e. The number of carbonyl (C=O) groups is 1. The topological polar surface area (TPSA) is 84.3 Å². The van der Waals surface area contributed by atoms with E-state index in [-0.39, 0.29) is 23.3 Å². The Balaban J connectivity index is 2.05. The van der Waals surface area contributed by atoms with Crippen LogP contribution in [0.5, 0.6) is 0 Å². The van der Waals surface area contributed by atoms with E-state index >= 15 is 0 Å².